The molecule has 0 bridgehead atoms. The molecule has 1 fully saturated rings. The molecule has 2 aromatic carbocycles. The summed E-state index contributed by atoms with van der Waals surface area (Å²) in [6.07, 6.45) is 1.32. The predicted molar refractivity (Wildman–Crippen MR) is 94.6 cm³/mol. The third-order valence-electron chi connectivity index (χ3n) is 4.85. The quantitative estimate of drug-likeness (QED) is 0.905. The van der Waals surface area contributed by atoms with Crippen molar-refractivity contribution < 1.29 is 14.6 Å². The minimum Gasteiger partial charge on any atom is -0.394 e. The van der Waals surface area contributed by atoms with Crippen molar-refractivity contribution in [3.63, 3.8) is 0 Å². The second kappa shape index (κ2) is 7.06. The van der Waals surface area contributed by atoms with E-state index in [2.05, 4.69) is 26.0 Å². The lowest BCUT2D eigenvalue weighted by Crippen LogP contribution is -2.53. The molecule has 1 heterocycles. The first-order chi connectivity index (χ1) is 11.6. The number of aliphatic hydroxyl groups is 1. The molecule has 0 spiro atoms. The molecule has 0 aromatic heterocycles. The van der Waals surface area contributed by atoms with E-state index >= 15 is 0 Å². The van der Waals surface area contributed by atoms with Gasteiger partial charge in [0, 0.05) is 17.4 Å². The fourth-order valence-corrected chi connectivity index (χ4v) is 3.18. The summed E-state index contributed by atoms with van der Waals surface area (Å²) in [7, 11) is 0. The summed E-state index contributed by atoms with van der Waals surface area (Å²) in [4.78, 5) is 0. The largest absolute Gasteiger partial charge is 0.394 e. The number of aryl methyl sites for hydroxylation is 1. The highest BCUT2D eigenvalue weighted by molar-refractivity contribution is 5.23. The van der Waals surface area contributed by atoms with Crippen molar-refractivity contribution in [2.24, 2.45) is 5.41 Å². The van der Waals surface area contributed by atoms with Gasteiger partial charge in [-0.05, 0) is 12.0 Å². The summed E-state index contributed by atoms with van der Waals surface area (Å²) in [6, 6.07) is 20.4. The van der Waals surface area contributed by atoms with Crippen LogP contribution in [0.5, 0.6) is 0 Å². The molecular weight excluding hydrogens is 300 g/mol. The zero-order valence-corrected chi connectivity index (χ0v) is 14.4. The van der Waals surface area contributed by atoms with E-state index in [1.807, 2.05) is 48.5 Å². The van der Waals surface area contributed by atoms with Crippen molar-refractivity contribution in [2.75, 3.05) is 13.2 Å². The van der Waals surface area contributed by atoms with E-state index in [4.69, 9.17) is 9.47 Å². The number of hydrogen-bond acceptors (Lipinski definition) is 3. The Labute approximate surface area is 144 Å². The van der Waals surface area contributed by atoms with E-state index in [0.717, 1.165) is 12.0 Å². The zero-order valence-electron chi connectivity index (χ0n) is 14.4. The molecule has 3 nitrogen and oxygen atoms in total. The van der Waals surface area contributed by atoms with E-state index in [-0.39, 0.29) is 18.1 Å². The van der Waals surface area contributed by atoms with Gasteiger partial charge in [-0.1, -0.05) is 74.5 Å². The van der Waals surface area contributed by atoms with Gasteiger partial charge in [-0.15, -0.1) is 0 Å². The maximum Gasteiger partial charge on any atom is 0.195 e. The van der Waals surface area contributed by atoms with Crippen molar-refractivity contribution in [3.05, 3.63) is 71.8 Å². The summed E-state index contributed by atoms with van der Waals surface area (Å²) in [5.41, 5.74) is 2.06. The Hall–Kier alpha value is -1.68. The van der Waals surface area contributed by atoms with Crippen LogP contribution in [0.3, 0.4) is 0 Å². The van der Waals surface area contributed by atoms with Gasteiger partial charge in [-0.25, -0.2) is 0 Å². The zero-order chi connectivity index (χ0) is 17.0. The van der Waals surface area contributed by atoms with Gasteiger partial charge in [0.15, 0.2) is 5.79 Å². The highest BCUT2D eigenvalue weighted by atomic mass is 16.7. The number of rotatable bonds is 5. The number of aliphatic hydroxyl groups excluding tert-OH is 1. The van der Waals surface area contributed by atoms with Gasteiger partial charge in [0.2, 0.25) is 0 Å². The molecule has 1 saturated heterocycles. The SMILES string of the molecule is CC1(C)CO[C@](CCc2ccccc2)(c2ccccc2)O[C@H]1CO. The average molecular weight is 326 g/mol. The standard InChI is InChI=1S/C21H26O3/c1-20(2)16-23-21(24-19(20)15-22,18-11-7-4-8-12-18)14-13-17-9-5-3-6-10-17/h3-12,19,22H,13-16H2,1-2H3/t19-,21-/m0/s1. The molecule has 1 N–H and O–H groups in total. The molecule has 1 aliphatic rings. The number of hydrogen-bond donors (Lipinski definition) is 1. The Kier molecular flexibility index (Phi) is 5.04. The van der Waals surface area contributed by atoms with Gasteiger partial charge in [-0.3, -0.25) is 0 Å². The molecule has 2 aromatic rings. The van der Waals surface area contributed by atoms with E-state index < -0.39 is 5.79 Å². The van der Waals surface area contributed by atoms with Crippen molar-refractivity contribution in [1.29, 1.82) is 0 Å². The Morgan fingerprint density at radius 2 is 1.62 bits per heavy atom. The fourth-order valence-electron chi connectivity index (χ4n) is 3.18. The summed E-state index contributed by atoms with van der Waals surface area (Å²) in [6.45, 7) is 4.69. The second-order valence-electron chi connectivity index (χ2n) is 7.17. The third kappa shape index (κ3) is 3.54. The summed E-state index contributed by atoms with van der Waals surface area (Å²) in [5.74, 6) is -0.806. The second-order valence-corrected chi connectivity index (χ2v) is 7.17. The van der Waals surface area contributed by atoms with E-state index in [0.29, 0.717) is 13.0 Å². The lowest BCUT2D eigenvalue weighted by molar-refractivity contribution is -0.345. The van der Waals surface area contributed by atoms with Crippen molar-refractivity contribution in [2.45, 2.75) is 38.6 Å². The molecule has 2 atom stereocenters. The lowest BCUT2D eigenvalue weighted by atomic mass is 9.84. The Morgan fingerprint density at radius 1 is 1.00 bits per heavy atom. The van der Waals surface area contributed by atoms with Crippen molar-refractivity contribution in [1.82, 2.24) is 0 Å². The van der Waals surface area contributed by atoms with Crippen molar-refractivity contribution in [3.8, 4) is 0 Å². The van der Waals surface area contributed by atoms with Gasteiger partial charge in [0.1, 0.15) is 0 Å². The Morgan fingerprint density at radius 3 is 2.25 bits per heavy atom. The maximum atomic E-state index is 9.81. The van der Waals surface area contributed by atoms with Crippen LogP contribution in [0.1, 0.15) is 31.4 Å². The maximum absolute atomic E-state index is 9.81. The van der Waals surface area contributed by atoms with Crippen molar-refractivity contribution >= 4 is 0 Å². The van der Waals surface area contributed by atoms with Gasteiger partial charge in [-0.2, -0.15) is 0 Å². The lowest BCUT2D eigenvalue weighted by Gasteiger charge is -2.48. The molecule has 3 heteroatoms. The third-order valence-corrected chi connectivity index (χ3v) is 4.85. The first kappa shape index (κ1) is 17.2. The Bertz CT molecular complexity index is 639. The van der Waals surface area contributed by atoms with Gasteiger partial charge in [0.05, 0.1) is 19.3 Å². The minimum atomic E-state index is -0.806. The summed E-state index contributed by atoms with van der Waals surface area (Å²) in [5, 5.41) is 9.81. The summed E-state index contributed by atoms with van der Waals surface area (Å²) >= 11 is 0. The molecule has 0 amide bonds. The fraction of sp³-hybridized carbons (Fsp3) is 0.429. The van der Waals surface area contributed by atoms with Gasteiger partial charge >= 0.3 is 0 Å². The molecule has 0 unspecified atom stereocenters. The van der Waals surface area contributed by atoms with Crippen LogP contribution in [0.2, 0.25) is 0 Å². The van der Waals surface area contributed by atoms with E-state index in [1.54, 1.807) is 0 Å². The topological polar surface area (TPSA) is 38.7 Å². The van der Waals surface area contributed by atoms with Crippen LogP contribution in [-0.2, 0) is 21.7 Å². The van der Waals surface area contributed by atoms with Gasteiger partial charge in [0.25, 0.3) is 0 Å². The monoisotopic (exact) mass is 326 g/mol. The van der Waals surface area contributed by atoms with Crippen LogP contribution in [0.25, 0.3) is 0 Å². The molecule has 0 aliphatic carbocycles. The molecule has 0 saturated carbocycles. The molecule has 3 rings (SSSR count). The molecular formula is C21H26O3. The normalized spacial score (nSPS) is 26.2. The van der Waals surface area contributed by atoms with Crippen LogP contribution < -0.4 is 0 Å². The average Bonchev–Trinajstić information content (AvgIpc) is 2.62. The van der Waals surface area contributed by atoms with Crippen LogP contribution in [-0.4, -0.2) is 24.4 Å². The highest BCUT2D eigenvalue weighted by Gasteiger charge is 2.47. The molecule has 24 heavy (non-hydrogen) atoms. The molecule has 128 valence electrons. The number of benzene rings is 2. The predicted octanol–water partition coefficient (Wildman–Crippen LogP) is 3.91. The first-order valence-corrected chi connectivity index (χ1v) is 8.58. The summed E-state index contributed by atoms with van der Waals surface area (Å²) < 4.78 is 12.7. The highest BCUT2D eigenvalue weighted by Crippen LogP contribution is 2.43. The minimum absolute atomic E-state index is 0.00369. The van der Waals surface area contributed by atoms with Gasteiger partial charge < -0.3 is 14.6 Å². The number of ether oxygens (including phenoxy) is 2. The Balaban J connectivity index is 1.88. The van der Waals surface area contributed by atoms with Crippen LogP contribution in [0.15, 0.2) is 60.7 Å². The molecule has 1 aliphatic heterocycles. The van der Waals surface area contributed by atoms with Crippen LogP contribution >= 0.6 is 0 Å². The van der Waals surface area contributed by atoms with E-state index in [1.165, 1.54) is 5.56 Å². The first-order valence-electron chi connectivity index (χ1n) is 8.58. The molecule has 0 radical (unpaired) electrons. The van der Waals surface area contributed by atoms with Crippen LogP contribution in [0, 0.1) is 5.41 Å². The smallest absolute Gasteiger partial charge is 0.195 e. The van der Waals surface area contributed by atoms with Crippen LogP contribution in [0.4, 0.5) is 0 Å². The van der Waals surface area contributed by atoms with E-state index in [9.17, 15) is 5.11 Å².